The van der Waals surface area contributed by atoms with Crippen LogP contribution in [0.5, 0.6) is 0 Å². The molecule has 0 saturated heterocycles. The lowest BCUT2D eigenvalue weighted by Gasteiger charge is -2.28. The molecule has 0 aliphatic heterocycles. The summed E-state index contributed by atoms with van der Waals surface area (Å²) in [6.07, 6.45) is 7.51. The maximum absolute atomic E-state index is 12.4. The number of unbranched alkanes of at least 4 members (excludes halogenated alkanes) is 4. The molecule has 0 aromatic rings. The fourth-order valence-corrected chi connectivity index (χ4v) is 2.38. The Bertz CT molecular complexity index is 329. The van der Waals surface area contributed by atoms with Crippen molar-refractivity contribution >= 4 is 11.9 Å². The van der Waals surface area contributed by atoms with Crippen LogP contribution in [0.2, 0.25) is 0 Å². The number of amides is 1. The predicted molar refractivity (Wildman–Crippen MR) is 95.3 cm³/mol. The minimum Gasteiger partial charge on any atom is -0.465 e. The summed E-state index contributed by atoms with van der Waals surface area (Å²) in [5, 5.41) is 0. The molecule has 0 aromatic heterocycles. The molecular formula is C19H37NO3. The first-order valence-electron chi connectivity index (χ1n) is 9.37. The largest absolute Gasteiger partial charge is 0.465 e. The van der Waals surface area contributed by atoms with Crippen molar-refractivity contribution in [1.82, 2.24) is 4.90 Å². The Hall–Kier alpha value is -1.06. The Morgan fingerprint density at radius 1 is 0.957 bits per heavy atom. The Kier molecular flexibility index (Phi) is 12.8. The topological polar surface area (TPSA) is 46.6 Å². The van der Waals surface area contributed by atoms with Crippen LogP contribution in [-0.4, -0.2) is 36.0 Å². The van der Waals surface area contributed by atoms with E-state index in [2.05, 4.69) is 20.8 Å². The van der Waals surface area contributed by atoms with E-state index in [0.29, 0.717) is 31.9 Å². The minimum atomic E-state index is -0.206. The first kappa shape index (κ1) is 21.9. The summed E-state index contributed by atoms with van der Waals surface area (Å²) in [5.41, 5.74) is 0. The number of rotatable bonds is 13. The van der Waals surface area contributed by atoms with Gasteiger partial charge in [-0.3, -0.25) is 9.59 Å². The second-order valence-corrected chi connectivity index (χ2v) is 6.84. The van der Waals surface area contributed by atoms with Crippen LogP contribution < -0.4 is 0 Å². The van der Waals surface area contributed by atoms with Crippen LogP contribution in [0.15, 0.2) is 0 Å². The monoisotopic (exact) mass is 327 g/mol. The van der Waals surface area contributed by atoms with Gasteiger partial charge in [0.2, 0.25) is 5.91 Å². The second kappa shape index (κ2) is 13.4. The molecule has 4 nitrogen and oxygen atoms in total. The number of esters is 1. The SMILES string of the molecule is CCCCCCCC(=O)N(CCC(=O)OCC(C)C)C(C)CC. The maximum atomic E-state index is 12.4. The highest BCUT2D eigenvalue weighted by Gasteiger charge is 2.19. The van der Waals surface area contributed by atoms with Gasteiger partial charge in [-0.25, -0.2) is 0 Å². The van der Waals surface area contributed by atoms with E-state index in [4.69, 9.17) is 4.74 Å². The summed E-state index contributed by atoms with van der Waals surface area (Å²) >= 11 is 0. The van der Waals surface area contributed by atoms with Crippen LogP contribution in [0.1, 0.15) is 86.0 Å². The van der Waals surface area contributed by atoms with Crippen LogP contribution in [0.3, 0.4) is 0 Å². The van der Waals surface area contributed by atoms with Crippen LogP contribution in [0.4, 0.5) is 0 Å². The Morgan fingerprint density at radius 2 is 1.61 bits per heavy atom. The van der Waals surface area contributed by atoms with Gasteiger partial charge in [0.05, 0.1) is 13.0 Å². The first-order chi connectivity index (χ1) is 10.9. The van der Waals surface area contributed by atoms with Crippen molar-refractivity contribution in [2.24, 2.45) is 5.92 Å². The zero-order valence-electron chi connectivity index (χ0n) is 15.9. The van der Waals surface area contributed by atoms with Crippen molar-refractivity contribution < 1.29 is 14.3 Å². The number of ether oxygens (including phenoxy) is 1. The highest BCUT2D eigenvalue weighted by Crippen LogP contribution is 2.12. The third kappa shape index (κ3) is 11.2. The Morgan fingerprint density at radius 3 is 2.17 bits per heavy atom. The Balaban J connectivity index is 4.24. The van der Waals surface area contributed by atoms with Crippen molar-refractivity contribution in [2.45, 2.75) is 92.0 Å². The molecule has 0 radical (unpaired) electrons. The molecule has 0 aliphatic carbocycles. The smallest absolute Gasteiger partial charge is 0.307 e. The van der Waals surface area contributed by atoms with E-state index in [9.17, 15) is 9.59 Å². The van der Waals surface area contributed by atoms with Crippen molar-refractivity contribution in [3.8, 4) is 0 Å². The van der Waals surface area contributed by atoms with Gasteiger partial charge in [-0.05, 0) is 25.7 Å². The molecule has 0 fully saturated rings. The average Bonchev–Trinajstić information content (AvgIpc) is 2.52. The summed E-state index contributed by atoms with van der Waals surface area (Å²) in [7, 11) is 0. The van der Waals surface area contributed by atoms with Crippen molar-refractivity contribution in [1.29, 1.82) is 0 Å². The van der Waals surface area contributed by atoms with Gasteiger partial charge in [-0.15, -0.1) is 0 Å². The van der Waals surface area contributed by atoms with E-state index in [1.54, 1.807) is 0 Å². The van der Waals surface area contributed by atoms with E-state index in [0.717, 1.165) is 19.3 Å². The molecule has 0 N–H and O–H groups in total. The van der Waals surface area contributed by atoms with Crippen LogP contribution in [0.25, 0.3) is 0 Å². The van der Waals surface area contributed by atoms with Crippen molar-refractivity contribution in [3.63, 3.8) is 0 Å². The zero-order valence-corrected chi connectivity index (χ0v) is 15.9. The van der Waals surface area contributed by atoms with Crippen LogP contribution >= 0.6 is 0 Å². The van der Waals surface area contributed by atoms with E-state index in [-0.39, 0.29) is 17.9 Å². The molecule has 0 aromatic carbocycles. The number of nitrogens with zero attached hydrogens (tertiary/aromatic N) is 1. The van der Waals surface area contributed by atoms with Gasteiger partial charge in [-0.1, -0.05) is 53.4 Å². The van der Waals surface area contributed by atoms with Crippen LogP contribution in [-0.2, 0) is 14.3 Å². The summed E-state index contributed by atoms with van der Waals surface area (Å²) in [6.45, 7) is 11.3. The molecule has 23 heavy (non-hydrogen) atoms. The normalized spacial score (nSPS) is 12.3. The minimum absolute atomic E-state index is 0.174. The summed E-state index contributed by atoms with van der Waals surface area (Å²) in [6, 6.07) is 0.177. The molecule has 1 unspecified atom stereocenters. The Labute approximate surface area is 143 Å². The molecule has 0 aliphatic rings. The number of carbonyl (C=O) groups is 2. The van der Waals surface area contributed by atoms with Gasteiger partial charge in [0.15, 0.2) is 0 Å². The summed E-state index contributed by atoms with van der Waals surface area (Å²) in [4.78, 5) is 26.0. The molecule has 0 saturated carbocycles. The van der Waals surface area contributed by atoms with E-state index in [1.807, 2.05) is 18.7 Å². The molecule has 0 rings (SSSR count). The molecule has 0 bridgehead atoms. The first-order valence-corrected chi connectivity index (χ1v) is 9.37. The predicted octanol–water partition coefficient (Wildman–Crippen LogP) is 4.56. The molecule has 4 heteroatoms. The molecular weight excluding hydrogens is 290 g/mol. The summed E-state index contributed by atoms with van der Waals surface area (Å²) in [5.74, 6) is 0.310. The maximum Gasteiger partial charge on any atom is 0.307 e. The van der Waals surface area contributed by atoms with Gasteiger partial charge in [0.1, 0.15) is 0 Å². The van der Waals surface area contributed by atoms with Gasteiger partial charge >= 0.3 is 5.97 Å². The lowest BCUT2D eigenvalue weighted by molar-refractivity contribution is -0.146. The number of hydrogen-bond acceptors (Lipinski definition) is 3. The number of hydrogen-bond donors (Lipinski definition) is 0. The molecule has 136 valence electrons. The highest BCUT2D eigenvalue weighted by atomic mass is 16.5. The molecule has 1 amide bonds. The fraction of sp³-hybridized carbons (Fsp3) is 0.895. The van der Waals surface area contributed by atoms with Crippen molar-refractivity contribution in [3.05, 3.63) is 0 Å². The lowest BCUT2D eigenvalue weighted by Crippen LogP contribution is -2.39. The second-order valence-electron chi connectivity index (χ2n) is 6.84. The summed E-state index contributed by atoms with van der Waals surface area (Å²) < 4.78 is 5.20. The van der Waals surface area contributed by atoms with E-state index >= 15 is 0 Å². The molecule has 1 atom stereocenters. The number of carbonyl (C=O) groups excluding carboxylic acids is 2. The van der Waals surface area contributed by atoms with Crippen LogP contribution in [0, 0.1) is 5.92 Å². The quantitative estimate of drug-likeness (QED) is 0.368. The molecule has 0 heterocycles. The van der Waals surface area contributed by atoms with Gasteiger partial charge in [0.25, 0.3) is 0 Å². The van der Waals surface area contributed by atoms with E-state index in [1.165, 1.54) is 19.3 Å². The molecule has 0 spiro atoms. The van der Waals surface area contributed by atoms with Gasteiger partial charge in [-0.2, -0.15) is 0 Å². The van der Waals surface area contributed by atoms with Gasteiger partial charge in [0, 0.05) is 19.0 Å². The third-order valence-corrected chi connectivity index (χ3v) is 4.07. The third-order valence-electron chi connectivity index (χ3n) is 4.07. The van der Waals surface area contributed by atoms with Crippen molar-refractivity contribution in [2.75, 3.05) is 13.2 Å². The van der Waals surface area contributed by atoms with Gasteiger partial charge < -0.3 is 9.64 Å². The van der Waals surface area contributed by atoms with E-state index < -0.39 is 0 Å². The standard InChI is InChI=1S/C19H37NO3/c1-6-8-9-10-11-12-18(21)20(17(5)7-2)14-13-19(22)23-15-16(3)4/h16-17H,6-15H2,1-5H3. The highest BCUT2D eigenvalue weighted by molar-refractivity contribution is 5.77. The lowest BCUT2D eigenvalue weighted by atomic mass is 10.1. The fourth-order valence-electron chi connectivity index (χ4n) is 2.38. The average molecular weight is 328 g/mol. The zero-order chi connectivity index (χ0) is 17.7.